The molecular weight excluding hydrogens is 672 g/mol. The normalized spacial score (nSPS) is 52.4. The lowest BCUT2D eigenvalue weighted by Gasteiger charge is -2.47. The molecule has 12 heteroatoms. The van der Waals surface area contributed by atoms with Gasteiger partial charge in [-0.15, -0.1) is 0 Å². The third-order valence-corrected chi connectivity index (χ3v) is 13.9. The van der Waals surface area contributed by atoms with E-state index in [-0.39, 0.29) is 123 Å². The van der Waals surface area contributed by atoms with Crippen LogP contribution in [0.5, 0.6) is 0 Å². The fourth-order valence-corrected chi connectivity index (χ4v) is 11.3. The number of methoxy groups -OCH3 is 1. The number of rotatable bonds is 4. The van der Waals surface area contributed by atoms with E-state index in [1.807, 2.05) is 0 Å². The minimum absolute atomic E-state index is 0.0260. The molecule has 19 atom stereocenters. The Morgan fingerprint density at radius 1 is 0.788 bits per heavy atom. The van der Waals surface area contributed by atoms with Gasteiger partial charge in [-0.2, -0.15) is 0 Å². The molecule has 10 aliphatic heterocycles. The molecule has 1 spiro atoms. The average Bonchev–Trinajstić information content (AvgIpc) is 3.79. The van der Waals surface area contributed by atoms with Crippen LogP contribution >= 0.6 is 0 Å². The molecule has 10 saturated heterocycles. The lowest BCUT2D eigenvalue weighted by molar-refractivity contribution is -0.292. The summed E-state index contributed by atoms with van der Waals surface area (Å²) in [7, 11) is 1.63. The third-order valence-electron chi connectivity index (χ3n) is 13.9. The van der Waals surface area contributed by atoms with Crippen molar-refractivity contribution in [3.63, 3.8) is 0 Å². The van der Waals surface area contributed by atoms with E-state index in [0.29, 0.717) is 25.7 Å². The van der Waals surface area contributed by atoms with Crippen LogP contribution in [-0.2, 0) is 47.4 Å². The molecule has 52 heavy (non-hydrogen) atoms. The standard InChI is InChI=1S/C40H58O12/c1-19-11-24-5-7-28-20(2)12-26(45-28)9-10-40-17-33-36(51-40)37-38(50-33)39(52-40)35-29(49-37)8-6-25(47-35)13-22(42)14-27-31(16-30(46-24)21(19)3)48-32(34(27)44-4)15-23(43)18-41/h19,23-39,41,43H,2-3,5-18H2,1,4H3/t19?,23?,24?,25?,26?,27?,28?,29?,30?,31-,32+,33?,34+,35-,36?,37-,38?,39?,40-/m0/s1. The molecule has 10 fully saturated rings. The predicted octanol–water partition coefficient (Wildman–Crippen LogP) is 3.47. The van der Waals surface area contributed by atoms with Gasteiger partial charge in [0.25, 0.3) is 0 Å². The lowest BCUT2D eigenvalue weighted by atomic mass is 9.81. The van der Waals surface area contributed by atoms with Crippen LogP contribution < -0.4 is 0 Å². The highest BCUT2D eigenvalue weighted by Crippen LogP contribution is 2.54. The van der Waals surface area contributed by atoms with Crippen LogP contribution in [0.2, 0.25) is 0 Å². The second-order valence-corrected chi connectivity index (χ2v) is 17.4. The van der Waals surface area contributed by atoms with Gasteiger partial charge in [0.2, 0.25) is 0 Å². The Morgan fingerprint density at radius 2 is 1.54 bits per heavy atom. The minimum Gasteiger partial charge on any atom is -0.394 e. The smallest absolute Gasteiger partial charge is 0.172 e. The SMILES string of the molecule is C=C1CC2CC[C@@]34CC5OC6C(O3)[C@H]3OC(CCC3O[C@H]6C5O4)CC(=O)CC3[C@H](CC4OC(CCC1O2)CC(C)C4=C)O[C@H](CC(O)CO)[C@@H]3OC. The highest BCUT2D eigenvalue weighted by atomic mass is 16.8. The minimum atomic E-state index is -0.951. The fourth-order valence-electron chi connectivity index (χ4n) is 11.3. The molecule has 10 aliphatic rings. The number of fused-ring (bicyclic) bond motifs is 6. The third kappa shape index (κ3) is 6.59. The molecule has 12 nitrogen and oxygen atoms in total. The first-order valence-electron chi connectivity index (χ1n) is 20.1. The van der Waals surface area contributed by atoms with E-state index in [4.69, 9.17) is 42.6 Å². The van der Waals surface area contributed by atoms with Gasteiger partial charge in [0, 0.05) is 51.6 Å². The second kappa shape index (κ2) is 14.3. The molecule has 0 aliphatic carbocycles. The number of ketones is 1. The molecule has 0 aromatic carbocycles. The maximum Gasteiger partial charge on any atom is 0.172 e. The predicted molar refractivity (Wildman–Crippen MR) is 184 cm³/mol. The summed E-state index contributed by atoms with van der Waals surface area (Å²) in [6, 6.07) is 0. The zero-order chi connectivity index (χ0) is 35.9. The quantitative estimate of drug-likeness (QED) is 0.410. The Hall–Kier alpha value is -1.29. The van der Waals surface area contributed by atoms with E-state index < -0.39 is 24.1 Å². The first kappa shape index (κ1) is 36.4. The summed E-state index contributed by atoms with van der Waals surface area (Å²) < 4.78 is 59.8. The highest BCUT2D eigenvalue weighted by Gasteiger charge is 2.68. The van der Waals surface area contributed by atoms with Crippen molar-refractivity contribution in [2.45, 2.75) is 194 Å². The summed E-state index contributed by atoms with van der Waals surface area (Å²) in [5, 5.41) is 20.1. The van der Waals surface area contributed by atoms with Crippen molar-refractivity contribution in [2.75, 3.05) is 13.7 Å². The Morgan fingerprint density at radius 3 is 2.37 bits per heavy atom. The molecule has 0 saturated carbocycles. The average molecular weight is 731 g/mol. The van der Waals surface area contributed by atoms with Gasteiger partial charge < -0.3 is 52.8 Å². The molecule has 10 rings (SSSR count). The number of carbonyl (C=O) groups excluding carboxylic acids is 1. The van der Waals surface area contributed by atoms with Gasteiger partial charge in [0.15, 0.2) is 5.79 Å². The van der Waals surface area contributed by atoms with Crippen LogP contribution in [-0.4, -0.2) is 133 Å². The number of Topliss-reactive ketones (excluding diaryl/α,β-unsaturated/α-hetero) is 1. The molecule has 0 amide bonds. The largest absolute Gasteiger partial charge is 0.394 e. The molecule has 2 N–H and O–H groups in total. The van der Waals surface area contributed by atoms with Gasteiger partial charge in [0.1, 0.15) is 36.3 Å². The van der Waals surface area contributed by atoms with Crippen LogP contribution in [0.3, 0.4) is 0 Å². The molecule has 0 radical (unpaired) electrons. The van der Waals surface area contributed by atoms with Crippen molar-refractivity contribution in [3.05, 3.63) is 24.3 Å². The summed E-state index contributed by atoms with van der Waals surface area (Å²) >= 11 is 0. The van der Waals surface area contributed by atoms with E-state index in [0.717, 1.165) is 49.7 Å². The Kier molecular flexibility index (Phi) is 10.0. The van der Waals surface area contributed by atoms with Crippen molar-refractivity contribution < 1.29 is 57.6 Å². The Labute approximate surface area is 306 Å². The first-order chi connectivity index (χ1) is 25.1. The van der Waals surface area contributed by atoms with Crippen molar-refractivity contribution >= 4 is 5.78 Å². The van der Waals surface area contributed by atoms with Crippen molar-refractivity contribution in [2.24, 2.45) is 11.8 Å². The van der Waals surface area contributed by atoms with Gasteiger partial charge in [-0.3, -0.25) is 4.79 Å². The highest BCUT2D eigenvalue weighted by molar-refractivity contribution is 5.79. The molecule has 0 aromatic rings. The van der Waals surface area contributed by atoms with E-state index in [1.165, 1.54) is 0 Å². The second-order valence-electron chi connectivity index (χ2n) is 17.4. The zero-order valence-electron chi connectivity index (χ0n) is 30.7. The Balaban J connectivity index is 0.994. The van der Waals surface area contributed by atoms with Crippen LogP contribution in [0.15, 0.2) is 24.3 Å². The topological polar surface area (TPSA) is 141 Å². The molecule has 12 bridgehead atoms. The van der Waals surface area contributed by atoms with Crippen molar-refractivity contribution in [3.8, 4) is 0 Å². The van der Waals surface area contributed by atoms with Gasteiger partial charge in [-0.05, 0) is 62.0 Å². The van der Waals surface area contributed by atoms with Crippen LogP contribution in [0.1, 0.15) is 90.4 Å². The summed E-state index contributed by atoms with van der Waals surface area (Å²) in [6.45, 7) is 10.7. The van der Waals surface area contributed by atoms with E-state index in [2.05, 4.69) is 20.1 Å². The lowest BCUT2D eigenvalue weighted by Crippen LogP contribution is -2.61. The maximum atomic E-state index is 14.0. The molecule has 13 unspecified atom stereocenters. The number of hydrogen-bond donors (Lipinski definition) is 2. The summed E-state index contributed by atoms with van der Waals surface area (Å²) in [4.78, 5) is 14.0. The van der Waals surface area contributed by atoms with Crippen molar-refractivity contribution in [1.82, 2.24) is 0 Å². The number of aliphatic hydroxyl groups is 2. The zero-order valence-corrected chi connectivity index (χ0v) is 30.7. The molecular formula is C40H58O12. The monoisotopic (exact) mass is 730 g/mol. The summed E-state index contributed by atoms with van der Waals surface area (Å²) in [5.41, 5.74) is 2.17. The van der Waals surface area contributed by atoms with Crippen LogP contribution in [0.25, 0.3) is 0 Å². The van der Waals surface area contributed by atoms with Gasteiger partial charge in [0.05, 0.1) is 73.8 Å². The van der Waals surface area contributed by atoms with E-state index in [9.17, 15) is 15.0 Å². The number of carbonyl (C=O) groups is 1. The molecule has 10 heterocycles. The van der Waals surface area contributed by atoms with E-state index >= 15 is 0 Å². The van der Waals surface area contributed by atoms with Crippen molar-refractivity contribution in [1.29, 1.82) is 0 Å². The van der Waals surface area contributed by atoms with E-state index in [1.54, 1.807) is 7.11 Å². The fraction of sp³-hybridized carbons (Fsp3) is 0.875. The van der Waals surface area contributed by atoms with Crippen LogP contribution in [0.4, 0.5) is 0 Å². The molecule has 0 aromatic heterocycles. The Bertz CT molecular complexity index is 1370. The summed E-state index contributed by atoms with van der Waals surface area (Å²) in [6.07, 6.45) is 4.01. The van der Waals surface area contributed by atoms with Gasteiger partial charge in [-0.1, -0.05) is 20.1 Å². The van der Waals surface area contributed by atoms with Gasteiger partial charge in [-0.25, -0.2) is 0 Å². The number of ether oxygens (including phenoxy) is 9. The van der Waals surface area contributed by atoms with Gasteiger partial charge >= 0.3 is 0 Å². The number of aliphatic hydroxyl groups excluding tert-OH is 2. The molecule has 290 valence electrons. The number of hydrogen-bond acceptors (Lipinski definition) is 12. The first-order valence-corrected chi connectivity index (χ1v) is 20.1. The summed E-state index contributed by atoms with van der Waals surface area (Å²) in [5.74, 6) is -0.709. The maximum absolute atomic E-state index is 14.0. The van der Waals surface area contributed by atoms with Crippen LogP contribution in [0, 0.1) is 11.8 Å².